The molecule has 3 N–H and O–H groups in total. The first-order valence-electron chi connectivity index (χ1n) is 7.59. The molecule has 21 heavy (non-hydrogen) atoms. The summed E-state index contributed by atoms with van der Waals surface area (Å²) in [5.41, 5.74) is 1.92. The molecule has 0 saturated carbocycles. The van der Waals surface area contributed by atoms with E-state index in [1.54, 1.807) is 6.92 Å². The van der Waals surface area contributed by atoms with E-state index in [1.165, 1.54) is 0 Å². The summed E-state index contributed by atoms with van der Waals surface area (Å²) >= 11 is 0. The number of nitrogens with zero attached hydrogens (tertiary/aromatic N) is 1. The van der Waals surface area contributed by atoms with Gasteiger partial charge < -0.3 is 20.6 Å². The largest absolute Gasteiger partial charge is 0.508 e. The van der Waals surface area contributed by atoms with Gasteiger partial charge in [-0.1, -0.05) is 13.0 Å². The number of aromatic hydroxyl groups is 1. The maximum absolute atomic E-state index is 11.1. The Morgan fingerprint density at radius 1 is 1.52 bits per heavy atom. The normalized spacial score (nSPS) is 19.6. The van der Waals surface area contributed by atoms with Crippen LogP contribution in [0.1, 0.15) is 38.8 Å². The number of hydrogen-bond acceptors (Lipinski definition) is 4. The van der Waals surface area contributed by atoms with Gasteiger partial charge in [-0.05, 0) is 26.0 Å². The second-order valence-electron chi connectivity index (χ2n) is 5.65. The van der Waals surface area contributed by atoms with Crippen LogP contribution >= 0.6 is 0 Å². The lowest BCUT2D eigenvalue weighted by Gasteiger charge is -2.21. The lowest BCUT2D eigenvalue weighted by Crippen LogP contribution is -2.35. The summed E-state index contributed by atoms with van der Waals surface area (Å²) in [5.74, 6) is 0.337. The molecule has 1 aliphatic heterocycles. The van der Waals surface area contributed by atoms with Crippen LogP contribution in [0.4, 0.5) is 5.69 Å². The number of hydrogen-bond donors (Lipinski definition) is 3. The second-order valence-corrected chi connectivity index (χ2v) is 5.65. The fourth-order valence-electron chi connectivity index (χ4n) is 2.91. The third-order valence-electron chi connectivity index (χ3n) is 3.95. The van der Waals surface area contributed by atoms with Gasteiger partial charge in [0.05, 0.1) is 0 Å². The van der Waals surface area contributed by atoms with E-state index >= 15 is 0 Å². The molecule has 1 aliphatic rings. The van der Waals surface area contributed by atoms with Gasteiger partial charge in [-0.2, -0.15) is 0 Å². The molecule has 5 nitrogen and oxygen atoms in total. The van der Waals surface area contributed by atoms with E-state index in [0.29, 0.717) is 5.75 Å². The highest BCUT2D eigenvalue weighted by atomic mass is 16.3. The van der Waals surface area contributed by atoms with E-state index in [2.05, 4.69) is 15.5 Å². The van der Waals surface area contributed by atoms with Gasteiger partial charge in [0.2, 0.25) is 5.91 Å². The van der Waals surface area contributed by atoms with Crippen LogP contribution in [0.25, 0.3) is 0 Å². The summed E-state index contributed by atoms with van der Waals surface area (Å²) in [6.07, 6.45) is 0.940. The molecule has 0 aromatic heterocycles. The van der Waals surface area contributed by atoms with Gasteiger partial charge in [-0.25, -0.2) is 0 Å². The minimum atomic E-state index is 0.0134. The fourth-order valence-corrected chi connectivity index (χ4v) is 2.91. The van der Waals surface area contributed by atoms with Crippen LogP contribution in [0.2, 0.25) is 0 Å². The fraction of sp³-hybridized carbons (Fsp3) is 0.562. The zero-order valence-electron chi connectivity index (χ0n) is 13.0. The lowest BCUT2D eigenvalue weighted by atomic mass is 10.1. The Bertz CT molecular complexity index is 504. The molecule has 1 amide bonds. The molecule has 2 unspecified atom stereocenters. The predicted octanol–water partition coefficient (Wildman–Crippen LogP) is 1.78. The van der Waals surface area contributed by atoms with Crippen LogP contribution in [0, 0.1) is 0 Å². The van der Waals surface area contributed by atoms with Crippen molar-refractivity contribution in [3.63, 3.8) is 0 Å². The van der Waals surface area contributed by atoms with E-state index in [0.717, 1.165) is 37.3 Å². The van der Waals surface area contributed by atoms with Crippen molar-refractivity contribution < 1.29 is 9.90 Å². The second kappa shape index (κ2) is 6.80. The van der Waals surface area contributed by atoms with Crippen LogP contribution in [0.15, 0.2) is 18.2 Å². The van der Waals surface area contributed by atoms with Crippen molar-refractivity contribution in [1.82, 2.24) is 10.6 Å². The summed E-state index contributed by atoms with van der Waals surface area (Å²) in [5, 5.41) is 16.5. The first kappa shape index (κ1) is 15.6. The smallest absolute Gasteiger partial charge is 0.217 e. The van der Waals surface area contributed by atoms with E-state index in [9.17, 15) is 9.90 Å². The highest BCUT2D eigenvalue weighted by Crippen LogP contribution is 2.30. The molecule has 5 heteroatoms. The van der Waals surface area contributed by atoms with Crippen molar-refractivity contribution in [3.8, 4) is 5.75 Å². The zero-order valence-corrected chi connectivity index (χ0v) is 13.0. The van der Waals surface area contributed by atoms with Crippen LogP contribution in [0.3, 0.4) is 0 Å². The zero-order chi connectivity index (χ0) is 15.4. The highest BCUT2D eigenvalue weighted by molar-refractivity contribution is 5.73. The third-order valence-corrected chi connectivity index (χ3v) is 3.95. The first-order chi connectivity index (χ1) is 10.0. The number of carbonyl (C=O) groups excluding carboxylic acids is 1. The number of amides is 1. The first-order valence-corrected chi connectivity index (χ1v) is 7.59. The molecule has 0 bridgehead atoms. The average molecular weight is 291 g/mol. The SMILES string of the molecule is CCNC(C)c1ccc(N2CCC(NC(C)=O)C2)cc1O. The minimum Gasteiger partial charge on any atom is -0.508 e. The van der Waals surface area contributed by atoms with Gasteiger partial charge in [0.25, 0.3) is 0 Å². The standard InChI is InChI=1S/C16H25N3O2/c1-4-17-11(2)15-6-5-14(9-16(15)21)19-8-7-13(10-19)18-12(3)20/h5-6,9,11,13,17,21H,4,7-8,10H2,1-3H3,(H,18,20). The molecule has 1 saturated heterocycles. The topological polar surface area (TPSA) is 64.6 Å². The number of rotatable bonds is 5. The van der Waals surface area contributed by atoms with E-state index in [1.807, 2.05) is 32.0 Å². The summed E-state index contributed by atoms with van der Waals surface area (Å²) < 4.78 is 0. The van der Waals surface area contributed by atoms with Crippen molar-refractivity contribution in [3.05, 3.63) is 23.8 Å². The molecule has 1 heterocycles. The molecule has 1 aromatic rings. The molecule has 0 aliphatic carbocycles. The van der Waals surface area contributed by atoms with Crippen molar-refractivity contribution in [1.29, 1.82) is 0 Å². The Morgan fingerprint density at radius 3 is 2.90 bits per heavy atom. The summed E-state index contributed by atoms with van der Waals surface area (Å²) in [6.45, 7) is 8.20. The average Bonchev–Trinajstić information content (AvgIpc) is 2.86. The van der Waals surface area contributed by atoms with Crippen LogP contribution < -0.4 is 15.5 Å². The van der Waals surface area contributed by atoms with Gasteiger partial charge in [-0.15, -0.1) is 0 Å². The summed E-state index contributed by atoms with van der Waals surface area (Å²) in [4.78, 5) is 13.3. The van der Waals surface area contributed by atoms with E-state index in [-0.39, 0.29) is 18.0 Å². The quantitative estimate of drug-likeness (QED) is 0.774. The number of phenols is 1. The van der Waals surface area contributed by atoms with Crippen molar-refractivity contribution in [2.24, 2.45) is 0 Å². The molecular formula is C16H25N3O2. The molecular weight excluding hydrogens is 266 g/mol. The third kappa shape index (κ3) is 3.88. The number of benzene rings is 1. The Kier molecular flexibility index (Phi) is 5.07. The van der Waals surface area contributed by atoms with Crippen molar-refractivity contribution in [2.75, 3.05) is 24.5 Å². The number of anilines is 1. The Balaban J connectivity index is 2.05. The van der Waals surface area contributed by atoms with Crippen molar-refractivity contribution >= 4 is 11.6 Å². The van der Waals surface area contributed by atoms with Gasteiger partial charge in [0.1, 0.15) is 5.75 Å². The van der Waals surface area contributed by atoms with Crippen LogP contribution in [-0.4, -0.2) is 36.7 Å². The van der Waals surface area contributed by atoms with Crippen molar-refractivity contribution in [2.45, 2.75) is 39.3 Å². The van der Waals surface area contributed by atoms with E-state index in [4.69, 9.17) is 0 Å². The van der Waals surface area contributed by atoms with Gasteiger partial charge in [0.15, 0.2) is 0 Å². The molecule has 0 spiro atoms. The molecule has 116 valence electrons. The molecule has 1 fully saturated rings. The molecule has 1 aromatic carbocycles. The van der Waals surface area contributed by atoms with Gasteiger partial charge >= 0.3 is 0 Å². The monoisotopic (exact) mass is 291 g/mol. The summed E-state index contributed by atoms with van der Waals surface area (Å²) in [6, 6.07) is 6.17. The lowest BCUT2D eigenvalue weighted by molar-refractivity contribution is -0.119. The van der Waals surface area contributed by atoms with Gasteiger partial charge in [0, 0.05) is 49.4 Å². The Morgan fingerprint density at radius 2 is 2.29 bits per heavy atom. The minimum absolute atomic E-state index is 0.0134. The highest BCUT2D eigenvalue weighted by Gasteiger charge is 2.24. The predicted molar refractivity (Wildman–Crippen MR) is 84.6 cm³/mol. The number of carbonyl (C=O) groups is 1. The Hall–Kier alpha value is -1.75. The van der Waals surface area contributed by atoms with E-state index < -0.39 is 0 Å². The number of nitrogens with one attached hydrogen (secondary N) is 2. The maximum atomic E-state index is 11.1. The molecule has 0 radical (unpaired) electrons. The van der Waals surface area contributed by atoms with Gasteiger partial charge in [-0.3, -0.25) is 4.79 Å². The molecule has 2 atom stereocenters. The maximum Gasteiger partial charge on any atom is 0.217 e. The Labute approximate surface area is 126 Å². The van der Waals surface area contributed by atoms with Crippen LogP contribution in [0.5, 0.6) is 5.75 Å². The van der Waals surface area contributed by atoms with Crippen LogP contribution in [-0.2, 0) is 4.79 Å². The summed E-state index contributed by atoms with van der Waals surface area (Å²) in [7, 11) is 0. The molecule has 2 rings (SSSR count). The number of phenolic OH excluding ortho intramolecular Hbond substituents is 1.